The monoisotopic (exact) mass is 415 g/mol. The summed E-state index contributed by atoms with van der Waals surface area (Å²) < 4.78 is 25.4. The summed E-state index contributed by atoms with van der Waals surface area (Å²) in [6.45, 7) is 0. The molecule has 1 heterocycles. The quantitative estimate of drug-likeness (QED) is 0.501. The van der Waals surface area contributed by atoms with E-state index in [0.29, 0.717) is 3.57 Å². The Morgan fingerprint density at radius 1 is 1.42 bits per heavy atom. The first kappa shape index (κ1) is 10.8. The predicted molar refractivity (Wildman–Crippen MR) is 59.6 cm³/mol. The SMILES string of the molecule is FC(F)c1c(I)cc(Cl)nc1I. The van der Waals surface area contributed by atoms with Crippen LogP contribution in [0.15, 0.2) is 6.07 Å². The highest BCUT2D eigenvalue weighted by Crippen LogP contribution is 2.29. The number of pyridine rings is 1. The van der Waals surface area contributed by atoms with Gasteiger partial charge in [-0.2, -0.15) is 0 Å². The zero-order chi connectivity index (χ0) is 9.30. The fraction of sp³-hybridized carbons (Fsp3) is 0.167. The van der Waals surface area contributed by atoms with Crippen molar-refractivity contribution < 1.29 is 8.78 Å². The molecule has 0 fully saturated rings. The van der Waals surface area contributed by atoms with Gasteiger partial charge in [-0.25, -0.2) is 13.8 Å². The number of alkyl halides is 2. The molecular formula is C6H2ClF2I2N. The van der Waals surface area contributed by atoms with Gasteiger partial charge in [0, 0.05) is 3.57 Å². The Bertz CT molecular complexity index is 283. The third-order valence-corrected chi connectivity index (χ3v) is 3.06. The summed E-state index contributed by atoms with van der Waals surface area (Å²) in [5.74, 6) is 0. The third-order valence-electron chi connectivity index (χ3n) is 1.15. The molecule has 0 aliphatic heterocycles. The van der Waals surface area contributed by atoms with E-state index in [9.17, 15) is 8.78 Å². The highest BCUT2D eigenvalue weighted by Gasteiger charge is 2.17. The van der Waals surface area contributed by atoms with Crippen molar-refractivity contribution in [2.45, 2.75) is 6.43 Å². The number of hydrogen-bond acceptors (Lipinski definition) is 1. The Labute approximate surface area is 100 Å². The Morgan fingerprint density at radius 3 is 2.42 bits per heavy atom. The van der Waals surface area contributed by atoms with E-state index < -0.39 is 6.43 Å². The summed E-state index contributed by atoms with van der Waals surface area (Å²) in [7, 11) is 0. The van der Waals surface area contributed by atoms with Crippen LogP contribution in [0.1, 0.15) is 12.0 Å². The Kier molecular flexibility index (Phi) is 3.90. The van der Waals surface area contributed by atoms with E-state index in [0.717, 1.165) is 0 Å². The molecule has 0 spiro atoms. The first-order chi connectivity index (χ1) is 5.52. The molecule has 6 heteroatoms. The van der Waals surface area contributed by atoms with Gasteiger partial charge in [0.1, 0.15) is 8.85 Å². The van der Waals surface area contributed by atoms with Gasteiger partial charge in [-0.1, -0.05) is 11.6 Å². The summed E-state index contributed by atoms with van der Waals surface area (Å²) in [5, 5.41) is 0.244. The van der Waals surface area contributed by atoms with Crippen LogP contribution in [0, 0.1) is 7.27 Å². The van der Waals surface area contributed by atoms with Crippen LogP contribution in [0.5, 0.6) is 0 Å². The Hall–Kier alpha value is 0.760. The van der Waals surface area contributed by atoms with Crippen LogP contribution >= 0.6 is 56.8 Å². The second-order valence-electron chi connectivity index (χ2n) is 1.93. The van der Waals surface area contributed by atoms with Gasteiger partial charge in [-0.15, -0.1) is 0 Å². The summed E-state index contributed by atoms with van der Waals surface area (Å²) in [6, 6.07) is 1.42. The molecule has 12 heavy (non-hydrogen) atoms. The Balaban J connectivity index is 3.28. The van der Waals surface area contributed by atoms with E-state index >= 15 is 0 Å². The second-order valence-corrected chi connectivity index (χ2v) is 4.50. The maximum absolute atomic E-state index is 12.3. The van der Waals surface area contributed by atoms with Gasteiger partial charge in [-0.05, 0) is 51.2 Å². The van der Waals surface area contributed by atoms with Gasteiger partial charge in [-0.3, -0.25) is 0 Å². The number of rotatable bonds is 1. The lowest BCUT2D eigenvalue weighted by molar-refractivity contribution is 0.149. The van der Waals surface area contributed by atoms with Crippen molar-refractivity contribution in [3.05, 3.63) is 24.1 Å². The van der Waals surface area contributed by atoms with Crippen LogP contribution in [-0.4, -0.2) is 4.98 Å². The molecule has 0 aliphatic rings. The van der Waals surface area contributed by atoms with Gasteiger partial charge < -0.3 is 0 Å². The minimum Gasteiger partial charge on any atom is -0.230 e. The van der Waals surface area contributed by atoms with Crippen molar-refractivity contribution in [3.63, 3.8) is 0 Å². The predicted octanol–water partition coefficient (Wildman–Crippen LogP) is 3.88. The summed E-state index contributed by atoms with van der Waals surface area (Å²) in [5.41, 5.74) is -0.0411. The minimum atomic E-state index is -2.49. The van der Waals surface area contributed by atoms with Crippen molar-refractivity contribution in [3.8, 4) is 0 Å². The van der Waals surface area contributed by atoms with Gasteiger partial charge in [0.2, 0.25) is 0 Å². The summed E-state index contributed by atoms with van der Waals surface area (Å²) in [6.07, 6.45) is -2.49. The lowest BCUT2D eigenvalue weighted by Gasteiger charge is -2.05. The van der Waals surface area contributed by atoms with Crippen LogP contribution in [0.3, 0.4) is 0 Å². The lowest BCUT2D eigenvalue weighted by Crippen LogP contribution is -1.97. The molecule has 66 valence electrons. The largest absolute Gasteiger partial charge is 0.267 e. The van der Waals surface area contributed by atoms with Crippen molar-refractivity contribution >= 4 is 56.8 Å². The molecule has 0 saturated heterocycles. The van der Waals surface area contributed by atoms with Crippen LogP contribution in [0.4, 0.5) is 8.78 Å². The summed E-state index contributed by atoms with van der Waals surface area (Å²) >= 11 is 9.13. The van der Waals surface area contributed by atoms with E-state index in [1.165, 1.54) is 6.07 Å². The van der Waals surface area contributed by atoms with Gasteiger partial charge in [0.05, 0.1) is 5.56 Å². The number of aromatic nitrogens is 1. The maximum atomic E-state index is 12.3. The van der Waals surface area contributed by atoms with E-state index in [2.05, 4.69) is 4.98 Å². The number of nitrogens with zero attached hydrogens (tertiary/aromatic N) is 1. The van der Waals surface area contributed by atoms with E-state index in [1.54, 1.807) is 22.6 Å². The Morgan fingerprint density at radius 2 is 2.00 bits per heavy atom. The standard InChI is InChI=1S/C6H2ClF2I2N/c7-3-1-2(10)4(5(8)9)6(11)12-3/h1,5H. The van der Waals surface area contributed by atoms with E-state index in [4.69, 9.17) is 11.6 Å². The molecule has 0 unspecified atom stereocenters. The molecule has 1 rings (SSSR count). The number of hydrogen-bond donors (Lipinski definition) is 0. The van der Waals surface area contributed by atoms with Gasteiger partial charge >= 0.3 is 0 Å². The van der Waals surface area contributed by atoms with Crippen molar-refractivity contribution in [1.29, 1.82) is 0 Å². The third kappa shape index (κ3) is 2.38. The maximum Gasteiger partial charge on any atom is 0.267 e. The molecular weight excluding hydrogens is 413 g/mol. The molecule has 0 bridgehead atoms. The number of halogens is 5. The zero-order valence-electron chi connectivity index (χ0n) is 5.49. The fourth-order valence-electron chi connectivity index (χ4n) is 0.661. The first-order valence-corrected chi connectivity index (χ1v) is 5.35. The smallest absolute Gasteiger partial charge is 0.230 e. The van der Waals surface area contributed by atoms with Crippen LogP contribution < -0.4 is 0 Å². The molecule has 1 nitrogen and oxygen atoms in total. The molecule has 0 N–H and O–H groups in total. The highest BCUT2D eigenvalue weighted by molar-refractivity contribution is 14.1. The minimum absolute atomic E-state index is 0.0411. The van der Waals surface area contributed by atoms with Crippen LogP contribution in [0.2, 0.25) is 5.15 Å². The first-order valence-electron chi connectivity index (χ1n) is 2.82. The van der Waals surface area contributed by atoms with E-state index in [-0.39, 0.29) is 14.4 Å². The average molecular weight is 415 g/mol. The van der Waals surface area contributed by atoms with Crippen LogP contribution in [-0.2, 0) is 0 Å². The summed E-state index contributed by atoms with van der Waals surface area (Å²) in [4.78, 5) is 3.72. The molecule has 0 aromatic carbocycles. The average Bonchev–Trinajstić information content (AvgIpc) is 1.82. The molecule has 1 aromatic rings. The molecule has 0 aliphatic carbocycles. The molecule has 0 atom stereocenters. The molecule has 0 saturated carbocycles. The van der Waals surface area contributed by atoms with E-state index in [1.807, 2.05) is 22.6 Å². The molecule has 0 amide bonds. The molecule has 0 radical (unpaired) electrons. The lowest BCUT2D eigenvalue weighted by atomic mass is 10.3. The van der Waals surface area contributed by atoms with Gasteiger partial charge in [0.15, 0.2) is 0 Å². The van der Waals surface area contributed by atoms with Crippen molar-refractivity contribution in [2.75, 3.05) is 0 Å². The van der Waals surface area contributed by atoms with Gasteiger partial charge in [0.25, 0.3) is 6.43 Å². The molecule has 1 aromatic heterocycles. The highest BCUT2D eigenvalue weighted by atomic mass is 127. The van der Waals surface area contributed by atoms with Crippen molar-refractivity contribution in [2.24, 2.45) is 0 Å². The normalized spacial score (nSPS) is 10.8. The van der Waals surface area contributed by atoms with Crippen molar-refractivity contribution in [1.82, 2.24) is 4.98 Å². The zero-order valence-corrected chi connectivity index (χ0v) is 10.6. The fourth-order valence-corrected chi connectivity index (χ4v) is 3.27. The topological polar surface area (TPSA) is 12.9 Å². The second kappa shape index (κ2) is 4.32. The van der Waals surface area contributed by atoms with Crippen LogP contribution in [0.25, 0.3) is 0 Å².